The highest BCUT2D eigenvalue weighted by Crippen LogP contribution is 2.35. The van der Waals surface area contributed by atoms with Crippen molar-refractivity contribution in [2.75, 3.05) is 5.32 Å². The number of thioether (sulfide) groups is 1. The molecule has 0 aliphatic heterocycles. The second-order valence-corrected chi connectivity index (χ2v) is 8.45. The average Bonchev–Trinajstić information content (AvgIpc) is 2.63. The lowest BCUT2D eigenvalue weighted by Gasteiger charge is -2.23. The van der Waals surface area contributed by atoms with Crippen molar-refractivity contribution < 1.29 is 9.72 Å². The van der Waals surface area contributed by atoms with Crippen LogP contribution in [0.25, 0.3) is 0 Å². The molecule has 0 aliphatic carbocycles. The van der Waals surface area contributed by atoms with Crippen LogP contribution in [0.15, 0.2) is 35.4 Å². The molecule has 1 aromatic heterocycles. The van der Waals surface area contributed by atoms with Crippen molar-refractivity contribution in [2.24, 2.45) is 0 Å². The summed E-state index contributed by atoms with van der Waals surface area (Å²) >= 11 is 1.20. The number of hydrogen-bond donors (Lipinski definition) is 1. The molecule has 8 heteroatoms. The van der Waals surface area contributed by atoms with Gasteiger partial charge in [0.1, 0.15) is 11.1 Å². The molecule has 2 rings (SSSR count). The number of aryl methyl sites for hydroxylation is 2. The van der Waals surface area contributed by atoms with E-state index in [0.717, 1.165) is 24.1 Å². The van der Waals surface area contributed by atoms with Crippen molar-refractivity contribution in [1.82, 2.24) is 4.98 Å². The summed E-state index contributed by atoms with van der Waals surface area (Å²) in [5, 5.41) is 23.6. The first-order valence-electron chi connectivity index (χ1n) is 8.83. The maximum absolute atomic E-state index is 12.9. The minimum atomic E-state index is -0.944. The first-order chi connectivity index (χ1) is 13.2. The summed E-state index contributed by atoms with van der Waals surface area (Å²) in [6.07, 6.45) is 1.72. The molecule has 7 nitrogen and oxygen atoms in total. The highest BCUT2D eigenvalue weighted by atomic mass is 32.2. The summed E-state index contributed by atoms with van der Waals surface area (Å²) in [6, 6.07) is 9.99. The number of amides is 1. The molecular formula is C20H22N4O3S. The standard InChI is InChI=1S/C20H22N4O3S/c1-5-6-15-9-8-14(12-21)18(22-15)28-20(3,4)19(25)23-17-11-16(24(26)27)10-7-13(17)2/h7-11H,5-6H2,1-4H3,(H,23,25). The van der Waals surface area contributed by atoms with E-state index in [1.165, 1.54) is 23.9 Å². The Kier molecular flexibility index (Phi) is 6.75. The summed E-state index contributed by atoms with van der Waals surface area (Å²) in [5.74, 6) is -0.326. The second-order valence-electron chi connectivity index (χ2n) is 6.84. The molecule has 0 saturated carbocycles. The number of carbonyl (C=O) groups is 1. The molecule has 1 amide bonds. The van der Waals surface area contributed by atoms with Crippen LogP contribution >= 0.6 is 11.8 Å². The fraction of sp³-hybridized carbons (Fsp3) is 0.350. The number of pyridine rings is 1. The van der Waals surface area contributed by atoms with Gasteiger partial charge in [0.05, 0.1) is 20.9 Å². The van der Waals surface area contributed by atoms with Gasteiger partial charge in [-0.1, -0.05) is 31.2 Å². The van der Waals surface area contributed by atoms with Crippen LogP contribution in [0.4, 0.5) is 11.4 Å². The van der Waals surface area contributed by atoms with Gasteiger partial charge in [0, 0.05) is 17.8 Å². The quantitative estimate of drug-likeness (QED) is 0.414. The molecule has 1 aromatic carbocycles. The van der Waals surface area contributed by atoms with Crippen LogP contribution in [0.2, 0.25) is 0 Å². The number of nitro benzene ring substituents is 1. The van der Waals surface area contributed by atoms with E-state index in [4.69, 9.17) is 0 Å². The van der Waals surface area contributed by atoms with Crippen molar-refractivity contribution >= 4 is 29.0 Å². The maximum atomic E-state index is 12.9. The molecule has 1 heterocycles. The number of hydrogen-bond acceptors (Lipinski definition) is 6. The fourth-order valence-electron chi connectivity index (χ4n) is 2.46. The number of nitrogens with one attached hydrogen (secondary N) is 1. The number of anilines is 1. The number of benzene rings is 1. The van der Waals surface area contributed by atoms with Gasteiger partial charge in [-0.25, -0.2) is 4.98 Å². The Balaban J connectivity index is 2.27. The third-order valence-corrected chi connectivity index (χ3v) is 5.32. The Hall–Kier alpha value is -2.92. The van der Waals surface area contributed by atoms with Gasteiger partial charge < -0.3 is 5.32 Å². The third kappa shape index (κ3) is 5.08. The smallest absolute Gasteiger partial charge is 0.271 e. The number of aromatic nitrogens is 1. The van der Waals surface area contributed by atoms with Gasteiger partial charge in [-0.3, -0.25) is 14.9 Å². The predicted octanol–water partition coefficient (Wildman–Crippen LogP) is 4.63. The SMILES string of the molecule is CCCc1ccc(C#N)c(SC(C)(C)C(=O)Nc2cc([N+](=O)[O-])ccc2C)n1. The van der Waals surface area contributed by atoms with Gasteiger partial charge in [-0.2, -0.15) is 5.26 Å². The Morgan fingerprint density at radius 1 is 1.36 bits per heavy atom. The lowest BCUT2D eigenvalue weighted by Crippen LogP contribution is -2.34. The summed E-state index contributed by atoms with van der Waals surface area (Å²) < 4.78 is -0.944. The molecule has 0 fully saturated rings. The van der Waals surface area contributed by atoms with E-state index in [0.29, 0.717) is 16.3 Å². The maximum Gasteiger partial charge on any atom is 0.271 e. The molecule has 1 N–H and O–H groups in total. The summed E-state index contributed by atoms with van der Waals surface area (Å²) in [4.78, 5) is 27.9. The van der Waals surface area contributed by atoms with E-state index in [1.807, 2.05) is 13.0 Å². The third-order valence-electron chi connectivity index (χ3n) is 4.12. The van der Waals surface area contributed by atoms with E-state index in [1.54, 1.807) is 32.9 Å². The number of nitrogens with zero attached hydrogens (tertiary/aromatic N) is 3. The van der Waals surface area contributed by atoms with Crippen LogP contribution in [0, 0.1) is 28.4 Å². The van der Waals surface area contributed by atoms with Gasteiger partial charge in [0.2, 0.25) is 5.91 Å². The normalized spacial score (nSPS) is 11.0. The Labute approximate surface area is 168 Å². The van der Waals surface area contributed by atoms with Crippen molar-refractivity contribution in [3.8, 4) is 6.07 Å². The number of nitriles is 1. The molecule has 0 unspecified atom stereocenters. The van der Waals surface area contributed by atoms with E-state index in [2.05, 4.69) is 16.4 Å². The zero-order valence-electron chi connectivity index (χ0n) is 16.3. The van der Waals surface area contributed by atoms with Crippen molar-refractivity contribution in [3.63, 3.8) is 0 Å². The highest BCUT2D eigenvalue weighted by molar-refractivity contribution is 8.01. The van der Waals surface area contributed by atoms with Crippen LogP contribution < -0.4 is 5.32 Å². The lowest BCUT2D eigenvalue weighted by molar-refractivity contribution is -0.384. The lowest BCUT2D eigenvalue weighted by atomic mass is 10.1. The van der Waals surface area contributed by atoms with Gasteiger partial charge in [0.15, 0.2) is 0 Å². The molecule has 146 valence electrons. The largest absolute Gasteiger partial charge is 0.324 e. The zero-order chi connectivity index (χ0) is 20.9. The number of nitro groups is 1. The Bertz CT molecular complexity index is 951. The molecular weight excluding hydrogens is 376 g/mol. The van der Waals surface area contributed by atoms with Crippen molar-refractivity contribution in [1.29, 1.82) is 5.26 Å². The summed E-state index contributed by atoms with van der Waals surface area (Å²) in [6.45, 7) is 7.28. The Morgan fingerprint density at radius 3 is 2.68 bits per heavy atom. The molecule has 0 spiro atoms. The number of rotatable bonds is 7. The van der Waals surface area contributed by atoms with Gasteiger partial charge in [-0.05, 0) is 44.9 Å². The molecule has 0 bridgehead atoms. The Morgan fingerprint density at radius 2 is 2.07 bits per heavy atom. The molecule has 2 aromatic rings. The van der Waals surface area contributed by atoms with E-state index in [-0.39, 0.29) is 11.6 Å². The summed E-state index contributed by atoms with van der Waals surface area (Å²) in [5.41, 5.74) is 2.31. The van der Waals surface area contributed by atoms with E-state index < -0.39 is 9.67 Å². The van der Waals surface area contributed by atoms with Gasteiger partial charge >= 0.3 is 0 Å². The average molecular weight is 398 g/mol. The number of non-ortho nitro benzene ring substituents is 1. The molecule has 0 aliphatic rings. The first kappa shape index (κ1) is 21.4. The van der Waals surface area contributed by atoms with E-state index >= 15 is 0 Å². The van der Waals surface area contributed by atoms with Crippen LogP contribution in [-0.2, 0) is 11.2 Å². The second kappa shape index (κ2) is 8.85. The summed E-state index contributed by atoms with van der Waals surface area (Å²) in [7, 11) is 0. The van der Waals surface area contributed by atoms with Crippen LogP contribution in [0.3, 0.4) is 0 Å². The topological polar surface area (TPSA) is 109 Å². The minimum absolute atomic E-state index is 0.0907. The fourth-order valence-corrected chi connectivity index (χ4v) is 3.47. The van der Waals surface area contributed by atoms with Crippen LogP contribution in [-0.4, -0.2) is 20.6 Å². The molecule has 0 atom stereocenters. The van der Waals surface area contributed by atoms with E-state index in [9.17, 15) is 20.2 Å². The van der Waals surface area contributed by atoms with Gasteiger partial charge in [0.25, 0.3) is 5.69 Å². The van der Waals surface area contributed by atoms with Crippen molar-refractivity contribution in [3.05, 3.63) is 57.3 Å². The van der Waals surface area contributed by atoms with Crippen LogP contribution in [0.5, 0.6) is 0 Å². The zero-order valence-corrected chi connectivity index (χ0v) is 17.1. The predicted molar refractivity (Wildman–Crippen MR) is 109 cm³/mol. The van der Waals surface area contributed by atoms with Gasteiger partial charge in [-0.15, -0.1) is 0 Å². The molecule has 0 saturated heterocycles. The monoisotopic (exact) mass is 398 g/mol. The number of carbonyl (C=O) groups excluding carboxylic acids is 1. The van der Waals surface area contributed by atoms with Crippen molar-refractivity contribution in [2.45, 2.75) is 50.3 Å². The first-order valence-corrected chi connectivity index (χ1v) is 9.65. The molecule has 28 heavy (non-hydrogen) atoms. The minimum Gasteiger partial charge on any atom is -0.324 e. The molecule has 0 radical (unpaired) electrons. The van der Waals surface area contributed by atoms with Crippen LogP contribution in [0.1, 0.15) is 44.0 Å². The highest BCUT2D eigenvalue weighted by Gasteiger charge is 2.31.